The van der Waals surface area contributed by atoms with Gasteiger partial charge in [-0.05, 0) is 88.8 Å². The van der Waals surface area contributed by atoms with Crippen LogP contribution in [0.5, 0.6) is 5.75 Å². The summed E-state index contributed by atoms with van der Waals surface area (Å²) in [7, 11) is -3.54. The standard InChI is InChI=1S/C30H38ClN5O4S/c1-18(2)40-27-16-23(22-11-13-36(14-12-22)21(6)37)20(5)15-26(27)34-30-32-17-24(31)29(35-30)33-25-9-7-8-10-28(25)41(38,39)19(3)4/h7-10,15-19,22H,11-14H2,1-6H3,(H2,32,33,34,35). The first kappa shape index (κ1) is 30.6. The van der Waals surface area contributed by atoms with Gasteiger partial charge in [0, 0.05) is 20.0 Å². The first-order valence-electron chi connectivity index (χ1n) is 13.8. The van der Waals surface area contributed by atoms with Crippen LogP contribution in [0.3, 0.4) is 0 Å². The molecule has 1 fully saturated rings. The number of aryl methyl sites for hydroxylation is 1. The normalized spacial score (nSPS) is 14.4. The van der Waals surface area contributed by atoms with Crippen molar-refractivity contribution in [1.82, 2.24) is 14.9 Å². The number of carbonyl (C=O) groups is 1. The Morgan fingerprint density at radius 1 is 1.07 bits per heavy atom. The van der Waals surface area contributed by atoms with E-state index >= 15 is 0 Å². The minimum atomic E-state index is -3.54. The Morgan fingerprint density at radius 3 is 2.39 bits per heavy atom. The Balaban J connectivity index is 1.63. The number of nitrogens with one attached hydrogen (secondary N) is 2. The number of anilines is 4. The number of aromatic nitrogens is 2. The molecule has 11 heteroatoms. The molecule has 0 aliphatic carbocycles. The Hall–Kier alpha value is -3.37. The predicted octanol–water partition coefficient (Wildman–Crippen LogP) is 6.62. The third kappa shape index (κ3) is 7.11. The summed E-state index contributed by atoms with van der Waals surface area (Å²) >= 11 is 6.43. The quantitative estimate of drug-likeness (QED) is 0.282. The lowest BCUT2D eigenvalue weighted by Crippen LogP contribution is -2.36. The topological polar surface area (TPSA) is 114 Å². The Morgan fingerprint density at radius 2 is 1.76 bits per heavy atom. The molecule has 2 heterocycles. The number of hydrogen-bond donors (Lipinski definition) is 2. The number of para-hydroxylation sites is 1. The Kier molecular flexibility index (Phi) is 9.44. The van der Waals surface area contributed by atoms with Crippen molar-refractivity contribution < 1.29 is 17.9 Å². The molecule has 3 aromatic rings. The molecule has 1 aromatic heterocycles. The lowest BCUT2D eigenvalue weighted by molar-refractivity contribution is -0.129. The fourth-order valence-corrected chi connectivity index (χ4v) is 6.27. The smallest absolute Gasteiger partial charge is 0.229 e. The molecule has 1 amide bonds. The highest BCUT2D eigenvalue weighted by Gasteiger charge is 2.25. The molecule has 1 saturated heterocycles. The van der Waals surface area contributed by atoms with Crippen molar-refractivity contribution in [3.05, 3.63) is 58.7 Å². The summed E-state index contributed by atoms with van der Waals surface area (Å²) in [4.78, 5) is 22.8. The van der Waals surface area contributed by atoms with Gasteiger partial charge < -0.3 is 20.3 Å². The largest absolute Gasteiger partial charge is 0.489 e. The molecule has 0 unspecified atom stereocenters. The van der Waals surface area contributed by atoms with E-state index in [0.717, 1.165) is 31.5 Å². The van der Waals surface area contributed by atoms with Gasteiger partial charge in [0.15, 0.2) is 15.7 Å². The lowest BCUT2D eigenvalue weighted by Gasteiger charge is -2.32. The van der Waals surface area contributed by atoms with Crippen molar-refractivity contribution in [2.45, 2.75) is 76.6 Å². The Labute approximate surface area is 247 Å². The first-order valence-corrected chi connectivity index (χ1v) is 15.8. The maximum absolute atomic E-state index is 12.9. The van der Waals surface area contributed by atoms with Crippen LogP contribution in [0.15, 0.2) is 47.5 Å². The maximum atomic E-state index is 12.9. The fourth-order valence-electron chi connectivity index (χ4n) is 4.93. The highest BCUT2D eigenvalue weighted by atomic mass is 35.5. The second-order valence-corrected chi connectivity index (χ2v) is 13.8. The summed E-state index contributed by atoms with van der Waals surface area (Å²) in [5.41, 5.74) is 3.39. The van der Waals surface area contributed by atoms with E-state index in [2.05, 4.69) is 33.6 Å². The van der Waals surface area contributed by atoms with Crippen molar-refractivity contribution in [2.75, 3.05) is 23.7 Å². The van der Waals surface area contributed by atoms with Crippen LogP contribution in [-0.2, 0) is 14.6 Å². The molecule has 41 heavy (non-hydrogen) atoms. The number of hydrogen-bond acceptors (Lipinski definition) is 8. The molecule has 0 spiro atoms. The van der Waals surface area contributed by atoms with Crippen LogP contribution in [0.2, 0.25) is 5.02 Å². The number of rotatable bonds is 9. The highest BCUT2D eigenvalue weighted by molar-refractivity contribution is 7.92. The number of piperidine rings is 1. The number of amides is 1. The number of ether oxygens (including phenoxy) is 1. The van der Waals surface area contributed by atoms with Gasteiger partial charge in [0.05, 0.1) is 33.8 Å². The number of likely N-dealkylation sites (tertiary alicyclic amines) is 1. The molecule has 0 saturated carbocycles. The van der Waals surface area contributed by atoms with E-state index in [4.69, 9.17) is 16.3 Å². The molecule has 9 nitrogen and oxygen atoms in total. The summed E-state index contributed by atoms with van der Waals surface area (Å²) in [5.74, 6) is 1.67. The zero-order valence-electron chi connectivity index (χ0n) is 24.4. The van der Waals surface area contributed by atoms with E-state index in [1.54, 1.807) is 45.0 Å². The molecule has 1 aliphatic heterocycles. The van der Waals surface area contributed by atoms with E-state index in [1.165, 1.54) is 11.8 Å². The van der Waals surface area contributed by atoms with Gasteiger partial charge in [-0.3, -0.25) is 4.79 Å². The summed E-state index contributed by atoms with van der Waals surface area (Å²) in [5, 5.41) is 6.02. The second kappa shape index (κ2) is 12.7. The lowest BCUT2D eigenvalue weighted by atomic mass is 9.86. The molecule has 2 N–H and O–H groups in total. The molecule has 220 valence electrons. The Bertz CT molecular complexity index is 1520. The van der Waals surface area contributed by atoms with Crippen LogP contribution in [0, 0.1) is 6.92 Å². The van der Waals surface area contributed by atoms with Gasteiger partial charge in [-0.1, -0.05) is 23.7 Å². The third-order valence-electron chi connectivity index (χ3n) is 7.17. The predicted molar refractivity (Wildman–Crippen MR) is 164 cm³/mol. The van der Waals surface area contributed by atoms with Gasteiger partial charge >= 0.3 is 0 Å². The summed E-state index contributed by atoms with van der Waals surface area (Å²) < 4.78 is 32.1. The molecular formula is C30H38ClN5O4S. The SMILES string of the molecule is CC(=O)N1CCC(c2cc(OC(C)C)c(Nc3ncc(Cl)c(Nc4ccccc4S(=O)(=O)C(C)C)n3)cc2C)CC1. The minimum Gasteiger partial charge on any atom is -0.489 e. The van der Waals surface area contributed by atoms with Crippen molar-refractivity contribution in [1.29, 1.82) is 0 Å². The van der Waals surface area contributed by atoms with Crippen molar-refractivity contribution in [3.63, 3.8) is 0 Å². The number of carbonyl (C=O) groups excluding carboxylic acids is 1. The molecule has 0 bridgehead atoms. The zero-order chi connectivity index (χ0) is 29.9. The second-order valence-electron chi connectivity index (χ2n) is 10.9. The average Bonchev–Trinajstić information content (AvgIpc) is 2.92. The van der Waals surface area contributed by atoms with Gasteiger partial charge in [0.1, 0.15) is 10.8 Å². The monoisotopic (exact) mass is 599 g/mol. The molecule has 4 rings (SSSR count). The van der Waals surface area contributed by atoms with Gasteiger partial charge in [-0.2, -0.15) is 4.98 Å². The molecular weight excluding hydrogens is 562 g/mol. The molecule has 1 aliphatic rings. The van der Waals surface area contributed by atoms with Crippen LogP contribution in [0.4, 0.5) is 23.1 Å². The summed E-state index contributed by atoms with van der Waals surface area (Å²) in [6, 6.07) is 10.8. The first-order chi connectivity index (χ1) is 19.4. The average molecular weight is 600 g/mol. The van der Waals surface area contributed by atoms with E-state index in [1.807, 2.05) is 24.8 Å². The van der Waals surface area contributed by atoms with Crippen LogP contribution < -0.4 is 15.4 Å². The molecule has 0 radical (unpaired) electrons. The van der Waals surface area contributed by atoms with E-state index in [0.29, 0.717) is 23.0 Å². The van der Waals surface area contributed by atoms with Gasteiger partial charge in [0.25, 0.3) is 0 Å². The molecule has 0 atom stereocenters. The van der Waals surface area contributed by atoms with Crippen LogP contribution in [-0.4, -0.2) is 53.6 Å². The number of nitrogens with zero attached hydrogens (tertiary/aromatic N) is 3. The van der Waals surface area contributed by atoms with E-state index in [-0.39, 0.29) is 33.7 Å². The number of halogens is 1. The number of benzene rings is 2. The maximum Gasteiger partial charge on any atom is 0.229 e. The fraction of sp³-hybridized carbons (Fsp3) is 0.433. The van der Waals surface area contributed by atoms with Crippen molar-refractivity contribution in [3.8, 4) is 5.75 Å². The van der Waals surface area contributed by atoms with Crippen molar-refractivity contribution >= 4 is 50.5 Å². The van der Waals surface area contributed by atoms with Gasteiger partial charge in [0.2, 0.25) is 11.9 Å². The zero-order valence-corrected chi connectivity index (χ0v) is 25.9. The third-order valence-corrected chi connectivity index (χ3v) is 9.66. The van der Waals surface area contributed by atoms with Crippen LogP contribution in [0.1, 0.15) is 64.5 Å². The van der Waals surface area contributed by atoms with Crippen molar-refractivity contribution in [2.24, 2.45) is 0 Å². The van der Waals surface area contributed by atoms with Crippen LogP contribution in [0.25, 0.3) is 0 Å². The van der Waals surface area contributed by atoms with Gasteiger partial charge in [-0.15, -0.1) is 0 Å². The van der Waals surface area contributed by atoms with Crippen LogP contribution >= 0.6 is 11.6 Å². The van der Waals surface area contributed by atoms with E-state index < -0.39 is 15.1 Å². The number of sulfone groups is 1. The van der Waals surface area contributed by atoms with Gasteiger partial charge in [-0.25, -0.2) is 13.4 Å². The summed E-state index contributed by atoms with van der Waals surface area (Å²) in [6.07, 6.45) is 3.20. The summed E-state index contributed by atoms with van der Waals surface area (Å²) in [6.45, 7) is 12.4. The molecule has 2 aromatic carbocycles. The minimum absolute atomic E-state index is 0.0616. The highest BCUT2D eigenvalue weighted by Crippen LogP contribution is 2.38. The van der Waals surface area contributed by atoms with E-state index in [9.17, 15) is 13.2 Å².